The number of para-hydroxylation sites is 1. The molecule has 1 aliphatic heterocycles. The lowest BCUT2D eigenvalue weighted by atomic mass is 9.92. The standard InChI is InChI=1S/C20H19NO3/c1-13-6-8-15(9-7-13)10-16-11-21(12-18(22)23)19-14(2)4-3-5-17(19)20(16)24/h3-10H,11-12H2,1-2H3,(H,22,23)/b16-10+. The van der Waals surface area contributed by atoms with Crippen LogP contribution in [0.4, 0.5) is 5.69 Å². The summed E-state index contributed by atoms with van der Waals surface area (Å²) in [5.41, 5.74) is 4.91. The van der Waals surface area contributed by atoms with Crippen molar-refractivity contribution in [3.8, 4) is 0 Å². The number of carbonyl (C=O) groups excluding carboxylic acids is 1. The van der Waals surface area contributed by atoms with Gasteiger partial charge in [0.1, 0.15) is 6.54 Å². The van der Waals surface area contributed by atoms with Crippen molar-refractivity contribution in [1.82, 2.24) is 0 Å². The van der Waals surface area contributed by atoms with Gasteiger partial charge in [-0.2, -0.15) is 0 Å². The van der Waals surface area contributed by atoms with E-state index in [-0.39, 0.29) is 12.3 Å². The molecule has 1 aliphatic rings. The van der Waals surface area contributed by atoms with E-state index in [2.05, 4.69) is 0 Å². The zero-order valence-corrected chi connectivity index (χ0v) is 13.7. The van der Waals surface area contributed by atoms with Crippen molar-refractivity contribution in [1.29, 1.82) is 0 Å². The van der Waals surface area contributed by atoms with Gasteiger partial charge in [0.05, 0.1) is 5.69 Å². The van der Waals surface area contributed by atoms with Crippen LogP contribution in [0.3, 0.4) is 0 Å². The molecule has 0 amide bonds. The number of carboxylic acids is 1. The molecule has 0 bridgehead atoms. The largest absolute Gasteiger partial charge is 0.480 e. The number of fused-ring (bicyclic) bond motifs is 1. The van der Waals surface area contributed by atoms with Gasteiger partial charge in [0.15, 0.2) is 5.78 Å². The van der Waals surface area contributed by atoms with Gasteiger partial charge in [0.25, 0.3) is 0 Å². The normalized spacial score (nSPS) is 15.5. The number of ketones is 1. The highest BCUT2D eigenvalue weighted by Gasteiger charge is 2.29. The molecular formula is C20H19NO3. The second-order valence-electron chi connectivity index (χ2n) is 6.13. The smallest absolute Gasteiger partial charge is 0.323 e. The van der Waals surface area contributed by atoms with Crippen molar-refractivity contribution in [2.75, 3.05) is 18.0 Å². The Morgan fingerprint density at radius 2 is 1.88 bits per heavy atom. The van der Waals surface area contributed by atoms with E-state index in [0.717, 1.165) is 22.4 Å². The molecule has 3 rings (SSSR count). The molecule has 0 aromatic heterocycles. The predicted molar refractivity (Wildman–Crippen MR) is 94.5 cm³/mol. The summed E-state index contributed by atoms with van der Waals surface area (Å²) in [6.07, 6.45) is 1.85. The minimum absolute atomic E-state index is 0.0316. The van der Waals surface area contributed by atoms with Gasteiger partial charge < -0.3 is 10.0 Å². The van der Waals surface area contributed by atoms with E-state index in [1.165, 1.54) is 0 Å². The summed E-state index contributed by atoms with van der Waals surface area (Å²) in [7, 11) is 0. The molecule has 0 radical (unpaired) electrons. The van der Waals surface area contributed by atoms with Gasteiger partial charge in [-0.25, -0.2) is 0 Å². The summed E-state index contributed by atoms with van der Waals surface area (Å²) < 4.78 is 0. The maximum absolute atomic E-state index is 12.8. The molecule has 4 heteroatoms. The maximum atomic E-state index is 12.8. The fraction of sp³-hybridized carbons (Fsp3) is 0.200. The summed E-state index contributed by atoms with van der Waals surface area (Å²) in [6.45, 7) is 4.08. The molecule has 0 saturated heterocycles. The number of anilines is 1. The number of carboxylic acid groups (broad SMARTS) is 1. The molecular weight excluding hydrogens is 302 g/mol. The molecule has 0 saturated carbocycles. The monoisotopic (exact) mass is 321 g/mol. The lowest BCUT2D eigenvalue weighted by Crippen LogP contribution is -2.38. The molecule has 1 N–H and O–H groups in total. The van der Waals surface area contributed by atoms with Crippen LogP contribution >= 0.6 is 0 Å². The third kappa shape index (κ3) is 3.08. The molecule has 2 aromatic rings. The highest BCUT2D eigenvalue weighted by Crippen LogP contribution is 2.33. The van der Waals surface area contributed by atoms with Gasteiger partial charge >= 0.3 is 5.97 Å². The second-order valence-corrected chi connectivity index (χ2v) is 6.13. The number of aryl methyl sites for hydroxylation is 2. The summed E-state index contributed by atoms with van der Waals surface area (Å²) >= 11 is 0. The number of Topliss-reactive ketones (excluding diaryl/α,β-unsaturated/α-hetero) is 1. The van der Waals surface area contributed by atoms with Crippen molar-refractivity contribution in [3.63, 3.8) is 0 Å². The van der Waals surface area contributed by atoms with E-state index in [0.29, 0.717) is 17.7 Å². The molecule has 0 fully saturated rings. The first-order valence-corrected chi connectivity index (χ1v) is 7.84. The molecule has 0 unspecified atom stereocenters. The van der Waals surface area contributed by atoms with E-state index < -0.39 is 5.97 Å². The van der Waals surface area contributed by atoms with Crippen molar-refractivity contribution in [2.45, 2.75) is 13.8 Å². The third-order valence-corrected chi connectivity index (χ3v) is 4.20. The second kappa shape index (κ2) is 6.32. The van der Waals surface area contributed by atoms with Crippen molar-refractivity contribution >= 4 is 23.5 Å². The van der Waals surface area contributed by atoms with Crippen LogP contribution in [0, 0.1) is 13.8 Å². The molecule has 0 spiro atoms. The molecule has 4 nitrogen and oxygen atoms in total. The first kappa shape index (κ1) is 16.0. The summed E-state index contributed by atoms with van der Waals surface area (Å²) in [5.74, 6) is -0.941. The van der Waals surface area contributed by atoms with Crippen LogP contribution in [-0.4, -0.2) is 29.9 Å². The van der Waals surface area contributed by atoms with E-state index >= 15 is 0 Å². The SMILES string of the molecule is Cc1ccc(/C=C2\CN(CC(=O)O)c3c(C)cccc3C2=O)cc1. The topological polar surface area (TPSA) is 57.6 Å². The number of rotatable bonds is 3. The first-order valence-electron chi connectivity index (χ1n) is 7.84. The van der Waals surface area contributed by atoms with Gasteiger partial charge in [0.2, 0.25) is 0 Å². The summed E-state index contributed by atoms with van der Waals surface area (Å²) in [4.78, 5) is 25.8. The van der Waals surface area contributed by atoms with Gasteiger partial charge in [-0.1, -0.05) is 42.0 Å². The molecule has 24 heavy (non-hydrogen) atoms. The zero-order chi connectivity index (χ0) is 17.3. The Bertz CT molecular complexity index is 834. The van der Waals surface area contributed by atoms with Crippen LogP contribution < -0.4 is 4.90 Å². The summed E-state index contributed by atoms with van der Waals surface area (Å²) in [6, 6.07) is 13.4. The van der Waals surface area contributed by atoms with Crippen LogP contribution in [-0.2, 0) is 4.79 Å². The van der Waals surface area contributed by atoms with Gasteiger partial charge in [-0.15, -0.1) is 0 Å². The summed E-state index contributed by atoms with van der Waals surface area (Å²) in [5, 5.41) is 9.21. The van der Waals surface area contributed by atoms with Crippen molar-refractivity contribution in [2.24, 2.45) is 0 Å². The van der Waals surface area contributed by atoms with Crippen molar-refractivity contribution in [3.05, 3.63) is 70.3 Å². The average molecular weight is 321 g/mol. The predicted octanol–water partition coefficient (Wildman–Crippen LogP) is 3.47. The van der Waals surface area contributed by atoms with Crippen LogP contribution in [0.15, 0.2) is 48.0 Å². The van der Waals surface area contributed by atoms with Crippen LogP contribution in [0.5, 0.6) is 0 Å². The number of carbonyl (C=O) groups is 2. The number of nitrogens with zero attached hydrogens (tertiary/aromatic N) is 1. The van der Waals surface area contributed by atoms with E-state index in [9.17, 15) is 14.7 Å². The van der Waals surface area contributed by atoms with Gasteiger partial charge in [0, 0.05) is 17.7 Å². The van der Waals surface area contributed by atoms with Crippen LogP contribution in [0.1, 0.15) is 27.0 Å². The molecule has 0 aliphatic carbocycles. The van der Waals surface area contributed by atoms with Crippen LogP contribution in [0.2, 0.25) is 0 Å². The first-order chi connectivity index (χ1) is 11.5. The molecule has 0 atom stereocenters. The third-order valence-electron chi connectivity index (χ3n) is 4.20. The number of hydrogen-bond donors (Lipinski definition) is 1. The Morgan fingerprint density at radius 3 is 2.54 bits per heavy atom. The number of aliphatic carboxylic acids is 1. The van der Waals surface area contributed by atoms with Gasteiger partial charge in [-0.05, 0) is 37.1 Å². The average Bonchev–Trinajstić information content (AvgIpc) is 2.53. The highest BCUT2D eigenvalue weighted by atomic mass is 16.4. The highest BCUT2D eigenvalue weighted by molar-refractivity contribution is 6.17. The fourth-order valence-electron chi connectivity index (χ4n) is 3.06. The fourth-order valence-corrected chi connectivity index (χ4v) is 3.06. The Balaban J connectivity index is 2.06. The Labute approximate surface area is 141 Å². The van der Waals surface area contributed by atoms with Gasteiger partial charge in [-0.3, -0.25) is 9.59 Å². The maximum Gasteiger partial charge on any atom is 0.323 e. The van der Waals surface area contributed by atoms with Crippen molar-refractivity contribution < 1.29 is 14.7 Å². The van der Waals surface area contributed by atoms with E-state index in [1.54, 1.807) is 11.0 Å². The number of hydrogen-bond acceptors (Lipinski definition) is 3. The molecule has 2 aromatic carbocycles. The Kier molecular flexibility index (Phi) is 4.21. The Morgan fingerprint density at radius 1 is 1.17 bits per heavy atom. The lowest BCUT2D eigenvalue weighted by Gasteiger charge is -2.32. The lowest BCUT2D eigenvalue weighted by molar-refractivity contribution is -0.135. The van der Waals surface area contributed by atoms with E-state index in [1.807, 2.05) is 56.3 Å². The van der Waals surface area contributed by atoms with Crippen LogP contribution in [0.25, 0.3) is 6.08 Å². The minimum Gasteiger partial charge on any atom is -0.480 e. The Hall–Kier alpha value is -2.88. The van der Waals surface area contributed by atoms with E-state index in [4.69, 9.17) is 0 Å². The molecule has 1 heterocycles. The minimum atomic E-state index is -0.909. The quantitative estimate of drug-likeness (QED) is 0.880. The number of benzene rings is 2. The molecule has 122 valence electrons. The zero-order valence-electron chi connectivity index (χ0n) is 13.7.